The molecule has 0 aliphatic rings. The molecule has 0 unspecified atom stereocenters. The van der Waals surface area contributed by atoms with E-state index in [4.69, 9.17) is 4.74 Å². The molecule has 154 valence electrons. The van der Waals surface area contributed by atoms with Gasteiger partial charge >= 0.3 is 12.1 Å². The second-order valence-electron chi connectivity index (χ2n) is 6.95. The van der Waals surface area contributed by atoms with Gasteiger partial charge in [0.1, 0.15) is 6.54 Å². The molecule has 0 saturated carbocycles. The van der Waals surface area contributed by atoms with Gasteiger partial charge in [0.25, 0.3) is 0 Å². The van der Waals surface area contributed by atoms with Gasteiger partial charge in [-0.1, -0.05) is 84.0 Å². The number of rotatable bonds is 17. The number of carbonyl (C=O) groups is 2. The third kappa shape index (κ3) is 15.0. The Kier molecular flexibility index (Phi) is 17.6. The molecule has 5 nitrogen and oxygen atoms in total. The van der Waals surface area contributed by atoms with Crippen molar-refractivity contribution in [1.29, 1.82) is 0 Å². The number of hydrogen-bond acceptors (Lipinski definition) is 4. The third-order valence-electron chi connectivity index (χ3n) is 4.65. The fraction of sp³-hybridized carbons (Fsp3) is 0.905. The zero-order valence-electron chi connectivity index (χ0n) is 17.4. The van der Waals surface area contributed by atoms with Crippen LogP contribution >= 0.6 is 0 Å². The SMILES string of the molecule is CCCCCCCCCCCCCCCOC(=O)CN(CC)C(=O)OC. The first-order valence-corrected chi connectivity index (χ1v) is 10.6. The van der Waals surface area contributed by atoms with Crippen LogP contribution in [0.4, 0.5) is 4.79 Å². The fourth-order valence-electron chi connectivity index (χ4n) is 2.94. The summed E-state index contributed by atoms with van der Waals surface area (Å²) >= 11 is 0. The molecule has 0 aromatic carbocycles. The molecule has 0 N–H and O–H groups in total. The minimum atomic E-state index is -0.495. The molecule has 0 saturated heterocycles. The Morgan fingerprint density at radius 3 is 1.62 bits per heavy atom. The Labute approximate surface area is 160 Å². The van der Waals surface area contributed by atoms with Crippen LogP contribution in [0.5, 0.6) is 0 Å². The van der Waals surface area contributed by atoms with Crippen LogP contribution in [0.2, 0.25) is 0 Å². The van der Waals surface area contributed by atoms with Crippen molar-refractivity contribution in [1.82, 2.24) is 4.90 Å². The zero-order valence-corrected chi connectivity index (χ0v) is 17.4. The lowest BCUT2D eigenvalue weighted by atomic mass is 10.0. The molecule has 0 spiro atoms. The summed E-state index contributed by atoms with van der Waals surface area (Å²) in [5.41, 5.74) is 0. The van der Waals surface area contributed by atoms with Crippen LogP contribution in [0.25, 0.3) is 0 Å². The number of carbonyl (C=O) groups excluding carboxylic acids is 2. The van der Waals surface area contributed by atoms with E-state index in [1.165, 1.54) is 82.6 Å². The minimum absolute atomic E-state index is 0.0401. The Balaban J connectivity index is 3.35. The molecule has 0 fully saturated rings. The van der Waals surface area contributed by atoms with Gasteiger partial charge in [-0.2, -0.15) is 0 Å². The van der Waals surface area contributed by atoms with Crippen LogP contribution in [0, 0.1) is 0 Å². The van der Waals surface area contributed by atoms with Crippen molar-refractivity contribution in [3.63, 3.8) is 0 Å². The van der Waals surface area contributed by atoms with Crippen molar-refractivity contribution in [3.8, 4) is 0 Å². The number of hydrogen-bond donors (Lipinski definition) is 0. The molecule has 0 atom stereocenters. The average Bonchev–Trinajstić information content (AvgIpc) is 2.65. The van der Waals surface area contributed by atoms with Crippen LogP contribution in [0.1, 0.15) is 97.3 Å². The van der Waals surface area contributed by atoms with E-state index in [2.05, 4.69) is 11.7 Å². The second-order valence-corrected chi connectivity index (χ2v) is 6.95. The normalized spacial score (nSPS) is 10.6. The monoisotopic (exact) mass is 371 g/mol. The van der Waals surface area contributed by atoms with Crippen LogP contribution in [-0.4, -0.2) is 43.8 Å². The molecule has 0 aliphatic heterocycles. The first-order chi connectivity index (χ1) is 12.7. The molecule has 1 amide bonds. The van der Waals surface area contributed by atoms with E-state index >= 15 is 0 Å². The maximum Gasteiger partial charge on any atom is 0.410 e. The molecule has 0 aromatic rings. The van der Waals surface area contributed by atoms with E-state index in [0.717, 1.165) is 12.8 Å². The molecule has 0 aliphatic carbocycles. The summed E-state index contributed by atoms with van der Waals surface area (Å²) in [4.78, 5) is 24.4. The lowest BCUT2D eigenvalue weighted by molar-refractivity contribution is -0.144. The summed E-state index contributed by atoms with van der Waals surface area (Å²) in [5, 5.41) is 0. The lowest BCUT2D eigenvalue weighted by Gasteiger charge is -2.17. The molecule has 26 heavy (non-hydrogen) atoms. The van der Waals surface area contributed by atoms with Crippen molar-refractivity contribution in [3.05, 3.63) is 0 Å². The summed E-state index contributed by atoms with van der Waals surface area (Å²) in [7, 11) is 1.31. The number of methoxy groups -OCH3 is 1. The summed E-state index contributed by atoms with van der Waals surface area (Å²) < 4.78 is 9.79. The van der Waals surface area contributed by atoms with Gasteiger partial charge in [0.15, 0.2) is 0 Å². The molecule has 5 heteroatoms. The summed E-state index contributed by atoms with van der Waals surface area (Å²) in [5.74, 6) is -0.365. The van der Waals surface area contributed by atoms with Crippen molar-refractivity contribution < 1.29 is 19.1 Å². The van der Waals surface area contributed by atoms with Gasteiger partial charge in [-0.25, -0.2) is 4.79 Å². The van der Waals surface area contributed by atoms with E-state index < -0.39 is 6.09 Å². The van der Waals surface area contributed by atoms with Crippen molar-refractivity contribution in [2.75, 3.05) is 26.8 Å². The van der Waals surface area contributed by atoms with Crippen molar-refractivity contribution >= 4 is 12.1 Å². The molecule has 0 rings (SSSR count). The first kappa shape index (κ1) is 24.7. The smallest absolute Gasteiger partial charge is 0.410 e. The van der Waals surface area contributed by atoms with Gasteiger partial charge in [-0.05, 0) is 13.3 Å². The van der Waals surface area contributed by atoms with Crippen LogP contribution in [0.15, 0.2) is 0 Å². The average molecular weight is 372 g/mol. The Hall–Kier alpha value is -1.26. The Morgan fingerprint density at radius 1 is 0.731 bits per heavy atom. The standard InChI is InChI=1S/C21H41NO4/c1-4-6-7-8-9-10-11-12-13-14-15-16-17-18-26-20(23)19-22(5-2)21(24)25-3/h4-19H2,1-3H3. The van der Waals surface area contributed by atoms with Gasteiger partial charge in [0.05, 0.1) is 13.7 Å². The maximum atomic E-state index is 11.7. The van der Waals surface area contributed by atoms with Crippen LogP contribution in [-0.2, 0) is 14.3 Å². The second kappa shape index (κ2) is 18.5. The lowest BCUT2D eigenvalue weighted by Crippen LogP contribution is -2.36. The Bertz CT molecular complexity index is 347. The van der Waals surface area contributed by atoms with E-state index in [9.17, 15) is 9.59 Å². The fourth-order valence-corrected chi connectivity index (χ4v) is 2.94. The van der Waals surface area contributed by atoms with Crippen LogP contribution < -0.4 is 0 Å². The molecular weight excluding hydrogens is 330 g/mol. The topological polar surface area (TPSA) is 55.8 Å². The quantitative estimate of drug-likeness (QED) is 0.243. The van der Waals surface area contributed by atoms with Crippen molar-refractivity contribution in [2.45, 2.75) is 97.3 Å². The van der Waals surface area contributed by atoms with Crippen LogP contribution in [0.3, 0.4) is 0 Å². The zero-order chi connectivity index (χ0) is 19.5. The van der Waals surface area contributed by atoms with E-state index in [1.807, 2.05) is 0 Å². The molecule has 0 aromatic heterocycles. The van der Waals surface area contributed by atoms with Gasteiger partial charge in [0.2, 0.25) is 0 Å². The predicted molar refractivity (Wildman–Crippen MR) is 106 cm³/mol. The number of likely N-dealkylation sites (N-methyl/N-ethyl adjacent to an activating group) is 1. The number of ether oxygens (including phenoxy) is 2. The maximum absolute atomic E-state index is 11.7. The van der Waals surface area contributed by atoms with Gasteiger partial charge in [-0.15, -0.1) is 0 Å². The number of amides is 1. The molecule has 0 bridgehead atoms. The molecular formula is C21H41NO4. The number of esters is 1. The highest BCUT2D eigenvalue weighted by Gasteiger charge is 2.16. The highest BCUT2D eigenvalue weighted by Crippen LogP contribution is 2.12. The summed E-state index contributed by atoms with van der Waals surface area (Å²) in [6.07, 6.45) is 16.3. The van der Waals surface area contributed by atoms with Crippen molar-refractivity contribution in [2.24, 2.45) is 0 Å². The summed E-state index contributed by atoms with van der Waals surface area (Å²) in [6, 6.07) is 0. The predicted octanol–water partition coefficient (Wildman–Crippen LogP) is 5.71. The van der Waals surface area contributed by atoms with E-state index in [-0.39, 0.29) is 12.5 Å². The van der Waals surface area contributed by atoms with Gasteiger partial charge in [-0.3, -0.25) is 9.69 Å². The van der Waals surface area contributed by atoms with Gasteiger partial charge < -0.3 is 9.47 Å². The highest BCUT2D eigenvalue weighted by atomic mass is 16.5. The first-order valence-electron chi connectivity index (χ1n) is 10.6. The van der Waals surface area contributed by atoms with E-state index in [0.29, 0.717) is 13.2 Å². The summed E-state index contributed by atoms with van der Waals surface area (Å²) in [6.45, 7) is 4.89. The minimum Gasteiger partial charge on any atom is -0.464 e. The highest BCUT2D eigenvalue weighted by molar-refractivity contribution is 5.77. The van der Waals surface area contributed by atoms with Gasteiger partial charge in [0, 0.05) is 6.54 Å². The molecule has 0 radical (unpaired) electrons. The third-order valence-corrected chi connectivity index (χ3v) is 4.65. The Morgan fingerprint density at radius 2 is 1.19 bits per heavy atom. The number of nitrogens with zero attached hydrogens (tertiary/aromatic N) is 1. The number of unbranched alkanes of at least 4 members (excludes halogenated alkanes) is 12. The molecule has 0 heterocycles. The van der Waals surface area contributed by atoms with E-state index in [1.54, 1.807) is 6.92 Å². The largest absolute Gasteiger partial charge is 0.464 e.